The van der Waals surface area contributed by atoms with Crippen molar-refractivity contribution in [3.63, 3.8) is 0 Å². The summed E-state index contributed by atoms with van der Waals surface area (Å²) >= 11 is 18.1. The van der Waals surface area contributed by atoms with Crippen molar-refractivity contribution in [3.05, 3.63) is 58.2 Å². The highest BCUT2D eigenvalue weighted by molar-refractivity contribution is 6.36. The van der Waals surface area contributed by atoms with E-state index in [0.29, 0.717) is 22.4 Å². The lowest BCUT2D eigenvalue weighted by molar-refractivity contribution is 0.967. The van der Waals surface area contributed by atoms with Gasteiger partial charge in [-0.2, -0.15) is 0 Å². The number of benzene rings is 1. The van der Waals surface area contributed by atoms with Crippen LogP contribution in [0.25, 0.3) is 0 Å². The molecule has 0 amide bonds. The van der Waals surface area contributed by atoms with Crippen molar-refractivity contribution in [3.8, 4) is 0 Å². The Kier molecular flexibility index (Phi) is 4.70. The molecule has 2 nitrogen and oxygen atoms in total. The third kappa shape index (κ3) is 3.52. The molecule has 1 atom stereocenters. The van der Waals surface area contributed by atoms with Gasteiger partial charge in [0.1, 0.15) is 5.82 Å². The van der Waals surface area contributed by atoms with Gasteiger partial charge < -0.3 is 5.32 Å². The Balaban J connectivity index is 1.99. The van der Waals surface area contributed by atoms with Crippen molar-refractivity contribution in [2.24, 2.45) is 0 Å². The van der Waals surface area contributed by atoms with E-state index >= 15 is 0 Å². The SMILES string of the molecule is Clc1cnc(NCC(Cl)c2ccccc2)c(Cl)c1. The van der Waals surface area contributed by atoms with Crippen LogP contribution in [0.1, 0.15) is 10.9 Å². The average Bonchev–Trinajstić information content (AvgIpc) is 2.38. The summed E-state index contributed by atoms with van der Waals surface area (Å²) < 4.78 is 0. The molecule has 0 fully saturated rings. The Morgan fingerprint density at radius 1 is 1.17 bits per heavy atom. The molecule has 1 unspecified atom stereocenters. The second-order valence-electron chi connectivity index (χ2n) is 3.74. The van der Waals surface area contributed by atoms with E-state index in [-0.39, 0.29) is 5.38 Å². The zero-order valence-electron chi connectivity index (χ0n) is 9.41. The Hall–Kier alpha value is -0.960. The molecule has 0 aliphatic carbocycles. The normalized spacial score (nSPS) is 12.2. The lowest BCUT2D eigenvalue weighted by atomic mass is 10.1. The molecular weight excluding hydrogens is 291 g/mol. The van der Waals surface area contributed by atoms with Gasteiger partial charge in [0.15, 0.2) is 0 Å². The molecular formula is C13H11Cl3N2. The van der Waals surface area contributed by atoms with Crippen LogP contribution in [0.5, 0.6) is 0 Å². The molecule has 2 rings (SSSR count). The summed E-state index contributed by atoms with van der Waals surface area (Å²) in [5.74, 6) is 0.586. The van der Waals surface area contributed by atoms with Crippen LogP contribution in [0.2, 0.25) is 10.0 Å². The van der Waals surface area contributed by atoms with E-state index in [2.05, 4.69) is 10.3 Å². The van der Waals surface area contributed by atoms with Crippen molar-refractivity contribution in [1.82, 2.24) is 4.98 Å². The zero-order chi connectivity index (χ0) is 13.0. The zero-order valence-corrected chi connectivity index (χ0v) is 11.7. The minimum absolute atomic E-state index is 0.139. The molecule has 94 valence electrons. The summed E-state index contributed by atoms with van der Waals surface area (Å²) in [5.41, 5.74) is 1.05. The molecule has 0 spiro atoms. The van der Waals surface area contributed by atoms with E-state index in [4.69, 9.17) is 34.8 Å². The lowest BCUT2D eigenvalue weighted by Gasteiger charge is -2.12. The van der Waals surface area contributed by atoms with Crippen LogP contribution in [0, 0.1) is 0 Å². The van der Waals surface area contributed by atoms with Crippen molar-refractivity contribution in [2.45, 2.75) is 5.38 Å². The van der Waals surface area contributed by atoms with Crippen molar-refractivity contribution < 1.29 is 0 Å². The van der Waals surface area contributed by atoms with Crippen molar-refractivity contribution in [2.75, 3.05) is 11.9 Å². The third-order valence-corrected chi connectivity index (χ3v) is 3.32. The molecule has 18 heavy (non-hydrogen) atoms. The highest BCUT2D eigenvalue weighted by Gasteiger charge is 2.09. The molecule has 0 aliphatic heterocycles. The lowest BCUT2D eigenvalue weighted by Crippen LogP contribution is -2.09. The molecule has 0 aliphatic rings. The average molecular weight is 302 g/mol. The maximum absolute atomic E-state index is 6.28. The molecule has 1 aromatic heterocycles. The minimum atomic E-state index is -0.139. The molecule has 0 radical (unpaired) electrons. The minimum Gasteiger partial charge on any atom is -0.367 e. The fourth-order valence-corrected chi connectivity index (χ4v) is 2.18. The first-order valence-electron chi connectivity index (χ1n) is 5.41. The van der Waals surface area contributed by atoms with Gasteiger partial charge in [-0.25, -0.2) is 4.98 Å². The highest BCUT2D eigenvalue weighted by atomic mass is 35.5. The summed E-state index contributed by atoms with van der Waals surface area (Å²) in [7, 11) is 0. The second kappa shape index (κ2) is 6.28. The van der Waals surface area contributed by atoms with Gasteiger partial charge in [0.2, 0.25) is 0 Å². The van der Waals surface area contributed by atoms with E-state index in [1.165, 1.54) is 0 Å². The molecule has 0 saturated carbocycles. The molecule has 0 saturated heterocycles. The number of rotatable bonds is 4. The van der Waals surface area contributed by atoms with Gasteiger partial charge in [-0.1, -0.05) is 53.5 Å². The summed E-state index contributed by atoms with van der Waals surface area (Å²) in [6, 6.07) is 11.5. The van der Waals surface area contributed by atoms with E-state index in [1.807, 2.05) is 30.3 Å². The maximum Gasteiger partial charge on any atom is 0.144 e. The number of nitrogens with one attached hydrogen (secondary N) is 1. The van der Waals surface area contributed by atoms with Crippen LogP contribution in [0.15, 0.2) is 42.6 Å². The summed E-state index contributed by atoms with van der Waals surface area (Å²) in [6.45, 7) is 0.542. The summed E-state index contributed by atoms with van der Waals surface area (Å²) in [5, 5.41) is 3.96. The van der Waals surface area contributed by atoms with Gasteiger partial charge in [-0.05, 0) is 11.6 Å². The number of nitrogens with zero attached hydrogens (tertiary/aromatic N) is 1. The van der Waals surface area contributed by atoms with Crippen LogP contribution in [-0.2, 0) is 0 Å². The van der Waals surface area contributed by atoms with Crippen LogP contribution in [-0.4, -0.2) is 11.5 Å². The summed E-state index contributed by atoms with van der Waals surface area (Å²) in [6.07, 6.45) is 1.54. The predicted molar refractivity (Wildman–Crippen MR) is 77.8 cm³/mol. The quantitative estimate of drug-likeness (QED) is 0.822. The number of anilines is 1. The predicted octanol–water partition coefficient (Wildman–Crippen LogP) is 4.78. The standard InChI is InChI=1S/C13H11Cl3N2/c14-10-6-11(15)13(17-7-10)18-8-12(16)9-4-2-1-3-5-9/h1-7,12H,8H2,(H,17,18). The van der Waals surface area contributed by atoms with Crippen LogP contribution in [0.4, 0.5) is 5.82 Å². The number of hydrogen-bond acceptors (Lipinski definition) is 2. The number of halogens is 3. The van der Waals surface area contributed by atoms with Gasteiger partial charge >= 0.3 is 0 Å². The maximum atomic E-state index is 6.28. The monoisotopic (exact) mass is 300 g/mol. The molecule has 2 aromatic rings. The second-order valence-corrected chi connectivity index (χ2v) is 5.11. The smallest absolute Gasteiger partial charge is 0.144 e. The molecule has 5 heteroatoms. The van der Waals surface area contributed by atoms with E-state index < -0.39 is 0 Å². The van der Waals surface area contributed by atoms with E-state index in [0.717, 1.165) is 5.56 Å². The van der Waals surface area contributed by atoms with E-state index in [9.17, 15) is 0 Å². The Labute approximate surface area is 121 Å². The van der Waals surface area contributed by atoms with Crippen molar-refractivity contribution in [1.29, 1.82) is 0 Å². The number of aromatic nitrogens is 1. The largest absolute Gasteiger partial charge is 0.367 e. The van der Waals surface area contributed by atoms with Gasteiger partial charge in [-0.3, -0.25) is 0 Å². The highest BCUT2D eigenvalue weighted by Crippen LogP contribution is 2.25. The van der Waals surface area contributed by atoms with Gasteiger partial charge in [0, 0.05) is 12.7 Å². The topological polar surface area (TPSA) is 24.9 Å². The fourth-order valence-electron chi connectivity index (χ4n) is 1.51. The van der Waals surface area contributed by atoms with Crippen LogP contribution >= 0.6 is 34.8 Å². The molecule has 1 aromatic carbocycles. The van der Waals surface area contributed by atoms with Crippen molar-refractivity contribution >= 4 is 40.6 Å². The first-order chi connectivity index (χ1) is 8.66. The first-order valence-corrected chi connectivity index (χ1v) is 6.60. The van der Waals surface area contributed by atoms with E-state index in [1.54, 1.807) is 12.3 Å². The van der Waals surface area contributed by atoms with Gasteiger partial charge in [-0.15, -0.1) is 11.6 Å². The third-order valence-electron chi connectivity index (χ3n) is 2.42. The summed E-state index contributed by atoms with van der Waals surface area (Å²) in [4.78, 5) is 4.11. The fraction of sp³-hybridized carbons (Fsp3) is 0.154. The first kappa shape index (κ1) is 13.5. The molecule has 1 heterocycles. The Bertz CT molecular complexity index is 517. The van der Waals surface area contributed by atoms with Crippen LogP contribution < -0.4 is 5.32 Å². The number of alkyl halides is 1. The van der Waals surface area contributed by atoms with Gasteiger partial charge in [0.05, 0.1) is 15.4 Å². The van der Waals surface area contributed by atoms with Gasteiger partial charge in [0.25, 0.3) is 0 Å². The Morgan fingerprint density at radius 2 is 1.89 bits per heavy atom. The van der Waals surface area contributed by atoms with Crippen LogP contribution in [0.3, 0.4) is 0 Å². The Morgan fingerprint density at radius 3 is 2.56 bits per heavy atom. The molecule has 1 N–H and O–H groups in total. The number of hydrogen-bond donors (Lipinski definition) is 1. The molecule has 0 bridgehead atoms. The number of pyridine rings is 1.